The first kappa shape index (κ1) is 14.5. The molecule has 0 bridgehead atoms. The first-order valence-electron chi connectivity index (χ1n) is 6.71. The molecule has 0 saturated heterocycles. The smallest absolute Gasteiger partial charge is 0.315 e. The van der Waals surface area contributed by atoms with Crippen LogP contribution in [-0.2, 0) is 16.0 Å². The van der Waals surface area contributed by atoms with Crippen LogP contribution in [0.5, 0.6) is 0 Å². The highest BCUT2D eigenvalue weighted by atomic mass is 35.5. The highest BCUT2D eigenvalue weighted by molar-refractivity contribution is 7.15. The van der Waals surface area contributed by atoms with Crippen molar-refractivity contribution in [3.63, 3.8) is 0 Å². The van der Waals surface area contributed by atoms with E-state index in [1.165, 1.54) is 23.5 Å². The number of carbonyl (C=O) groups excluding carboxylic acids is 1. The summed E-state index contributed by atoms with van der Waals surface area (Å²) in [4.78, 5) is 17.6. The zero-order valence-electron chi connectivity index (χ0n) is 11.4. The largest absolute Gasteiger partial charge is 0.465 e. The Balaban J connectivity index is 1.95. The fraction of sp³-hybridized carbons (Fsp3) is 0.333. The minimum Gasteiger partial charge on any atom is -0.465 e. The molecule has 6 heteroatoms. The Labute approximate surface area is 130 Å². The summed E-state index contributed by atoms with van der Waals surface area (Å²) >= 11 is 7.58. The molecule has 0 spiro atoms. The van der Waals surface area contributed by atoms with Crippen LogP contribution in [0.15, 0.2) is 18.2 Å². The van der Waals surface area contributed by atoms with E-state index in [-0.39, 0.29) is 17.7 Å². The van der Waals surface area contributed by atoms with Crippen molar-refractivity contribution in [1.82, 2.24) is 4.98 Å². The molecule has 110 valence electrons. The van der Waals surface area contributed by atoms with Gasteiger partial charge in [-0.05, 0) is 38.0 Å². The first-order chi connectivity index (χ1) is 10.1. The number of aryl methyl sites for hydroxylation is 1. The Hall–Kier alpha value is -1.46. The molecule has 1 unspecified atom stereocenters. The molecule has 1 aromatic heterocycles. The number of benzene rings is 1. The van der Waals surface area contributed by atoms with Crippen LogP contribution in [0.4, 0.5) is 4.39 Å². The fourth-order valence-electron chi connectivity index (χ4n) is 2.48. The average Bonchev–Trinajstić information content (AvgIpc) is 2.98. The summed E-state index contributed by atoms with van der Waals surface area (Å²) in [6.45, 7) is 2.16. The molecule has 0 aliphatic heterocycles. The molecule has 1 aromatic carbocycles. The Morgan fingerprint density at radius 3 is 3.10 bits per heavy atom. The second kappa shape index (κ2) is 5.73. The van der Waals surface area contributed by atoms with Crippen LogP contribution in [0.25, 0.3) is 10.6 Å². The van der Waals surface area contributed by atoms with E-state index in [1.807, 2.05) is 0 Å². The zero-order chi connectivity index (χ0) is 15.0. The summed E-state index contributed by atoms with van der Waals surface area (Å²) in [6, 6.07) is 4.24. The third kappa shape index (κ3) is 2.68. The number of carbonyl (C=O) groups is 1. The molecule has 1 heterocycles. The molecule has 0 N–H and O–H groups in total. The monoisotopic (exact) mass is 325 g/mol. The summed E-state index contributed by atoms with van der Waals surface area (Å²) in [5.74, 6) is -0.889. The highest BCUT2D eigenvalue weighted by Crippen LogP contribution is 2.41. The van der Waals surface area contributed by atoms with Crippen LogP contribution in [0.1, 0.15) is 29.8 Å². The maximum Gasteiger partial charge on any atom is 0.315 e. The number of hydrogen-bond donors (Lipinski definition) is 0. The van der Waals surface area contributed by atoms with Gasteiger partial charge >= 0.3 is 5.97 Å². The maximum absolute atomic E-state index is 13.1. The number of halogens is 2. The summed E-state index contributed by atoms with van der Waals surface area (Å²) in [6.07, 6.45) is 1.56. The van der Waals surface area contributed by atoms with Crippen LogP contribution < -0.4 is 0 Å². The average molecular weight is 326 g/mol. The molecule has 0 fully saturated rings. The quantitative estimate of drug-likeness (QED) is 0.794. The molecule has 1 atom stereocenters. The van der Waals surface area contributed by atoms with Gasteiger partial charge in [-0.1, -0.05) is 11.6 Å². The van der Waals surface area contributed by atoms with Crippen molar-refractivity contribution in [3.05, 3.63) is 39.6 Å². The van der Waals surface area contributed by atoms with Gasteiger partial charge in [0.25, 0.3) is 0 Å². The molecular formula is C15H13ClFNO2S. The van der Waals surface area contributed by atoms with Gasteiger partial charge in [-0.15, -0.1) is 11.3 Å². The number of hydrogen-bond acceptors (Lipinski definition) is 4. The van der Waals surface area contributed by atoms with E-state index in [0.29, 0.717) is 17.2 Å². The van der Waals surface area contributed by atoms with Crippen LogP contribution >= 0.6 is 22.9 Å². The predicted molar refractivity (Wildman–Crippen MR) is 80.2 cm³/mol. The van der Waals surface area contributed by atoms with E-state index in [1.54, 1.807) is 13.0 Å². The molecule has 0 saturated carbocycles. The minimum atomic E-state index is -0.378. The normalized spacial score (nSPS) is 16.8. The molecule has 1 aliphatic rings. The topological polar surface area (TPSA) is 39.2 Å². The number of rotatable bonds is 3. The minimum absolute atomic E-state index is 0.224. The highest BCUT2D eigenvalue weighted by Gasteiger charge is 2.33. The van der Waals surface area contributed by atoms with E-state index >= 15 is 0 Å². The molecule has 3 rings (SSSR count). The zero-order valence-corrected chi connectivity index (χ0v) is 12.9. The number of aromatic nitrogens is 1. The second-order valence-electron chi connectivity index (χ2n) is 4.79. The van der Waals surface area contributed by atoms with Crippen molar-refractivity contribution in [3.8, 4) is 10.6 Å². The van der Waals surface area contributed by atoms with Gasteiger partial charge in [0.15, 0.2) is 0 Å². The third-order valence-corrected chi connectivity index (χ3v) is 4.93. The molecule has 3 nitrogen and oxygen atoms in total. The molecule has 21 heavy (non-hydrogen) atoms. The van der Waals surface area contributed by atoms with Crippen LogP contribution in [0, 0.1) is 5.82 Å². The van der Waals surface area contributed by atoms with E-state index in [2.05, 4.69) is 4.98 Å². The number of nitrogens with zero attached hydrogens (tertiary/aromatic N) is 1. The summed E-state index contributed by atoms with van der Waals surface area (Å²) < 4.78 is 18.2. The number of ether oxygens (including phenoxy) is 1. The lowest BCUT2D eigenvalue weighted by Crippen LogP contribution is -2.14. The van der Waals surface area contributed by atoms with Crippen molar-refractivity contribution in [2.24, 2.45) is 0 Å². The molecule has 2 aromatic rings. The van der Waals surface area contributed by atoms with Gasteiger partial charge in [0.1, 0.15) is 16.7 Å². The maximum atomic E-state index is 13.1. The SMILES string of the molecule is CCOC(=O)C1CCc2sc(-c3ccc(F)cc3Cl)nc21. The van der Waals surface area contributed by atoms with Gasteiger partial charge in [0.2, 0.25) is 0 Å². The summed E-state index contributed by atoms with van der Waals surface area (Å²) in [7, 11) is 0. The number of thiazole rings is 1. The molecule has 0 radical (unpaired) electrons. The lowest BCUT2D eigenvalue weighted by Gasteiger charge is -2.08. The van der Waals surface area contributed by atoms with Crippen LogP contribution in [0.3, 0.4) is 0 Å². The second-order valence-corrected chi connectivity index (χ2v) is 6.29. The van der Waals surface area contributed by atoms with Crippen molar-refractivity contribution >= 4 is 28.9 Å². The summed E-state index contributed by atoms with van der Waals surface area (Å²) in [5.41, 5.74) is 1.48. The number of fused-ring (bicyclic) bond motifs is 1. The predicted octanol–water partition coefficient (Wildman–Crippen LogP) is 4.20. The molecule has 0 amide bonds. The Morgan fingerprint density at radius 1 is 1.57 bits per heavy atom. The van der Waals surface area contributed by atoms with Crippen molar-refractivity contribution in [1.29, 1.82) is 0 Å². The summed E-state index contributed by atoms with van der Waals surface area (Å²) in [5, 5.41) is 1.05. The molecular weight excluding hydrogens is 313 g/mol. The Kier molecular flexibility index (Phi) is 3.95. The number of esters is 1. The van der Waals surface area contributed by atoms with Crippen molar-refractivity contribution in [2.75, 3.05) is 6.61 Å². The Bertz CT molecular complexity index is 701. The van der Waals surface area contributed by atoms with E-state index in [4.69, 9.17) is 16.3 Å². The van der Waals surface area contributed by atoms with Crippen molar-refractivity contribution < 1.29 is 13.9 Å². The standard InChI is InChI=1S/C15H13ClFNO2S/c1-2-20-15(19)10-5-6-12-13(10)18-14(21-12)9-4-3-8(17)7-11(9)16/h3-4,7,10H,2,5-6H2,1H3. The lowest BCUT2D eigenvalue weighted by molar-refractivity contribution is -0.145. The van der Waals surface area contributed by atoms with Gasteiger partial charge in [-0.2, -0.15) is 0 Å². The van der Waals surface area contributed by atoms with E-state index < -0.39 is 0 Å². The Morgan fingerprint density at radius 2 is 2.38 bits per heavy atom. The van der Waals surface area contributed by atoms with Crippen LogP contribution in [-0.4, -0.2) is 17.6 Å². The van der Waals surface area contributed by atoms with Crippen molar-refractivity contribution in [2.45, 2.75) is 25.7 Å². The van der Waals surface area contributed by atoms with Crippen LogP contribution in [0.2, 0.25) is 5.02 Å². The third-order valence-electron chi connectivity index (χ3n) is 3.45. The fourth-order valence-corrected chi connectivity index (χ4v) is 3.97. The van der Waals surface area contributed by atoms with Gasteiger partial charge in [-0.25, -0.2) is 9.37 Å². The van der Waals surface area contributed by atoms with Gasteiger partial charge in [0, 0.05) is 10.4 Å². The molecule has 1 aliphatic carbocycles. The van der Waals surface area contributed by atoms with E-state index in [9.17, 15) is 9.18 Å². The van der Waals surface area contributed by atoms with Gasteiger partial charge in [0.05, 0.1) is 17.3 Å². The first-order valence-corrected chi connectivity index (χ1v) is 7.91. The lowest BCUT2D eigenvalue weighted by atomic mass is 10.1. The van der Waals surface area contributed by atoms with Gasteiger partial charge < -0.3 is 4.74 Å². The van der Waals surface area contributed by atoms with E-state index in [0.717, 1.165) is 28.4 Å². The van der Waals surface area contributed by atoms with Gasteiger partial charge in [-0.3, -0.25) is 4.79 Å².